The van der Waals surface area contributed by atoms with Crippen molar-refractivity contribution in [2.75, 3.05) is 6.61 Å². The summed E-state index contributed by atoms with van der Waals surface area (Å²) in [7, 11) is 0. The molecule has 1 aromatic carbocycles. The fourth-order valence-corrected chi connectivity index (χ4v) is 1.54. The van der Waals surface area contributed by atoms with E-state index in [4.69, 9.17) is 4.74 Å². The predicted molar refractivity (Wildman–Crippen MR) is 90.7 cm³/mol. The summed E-state index contributed by atoms with van der Waals surface area (Å²) >= 11 is 0. The van der Waals surface area contributed by atoms with Gasteiger partial charge in [-0.05, 0) is 44.0 Å². The second-order valence-electron chi connectivity index (χ2n) is 4.96. The number of aryl methyl sites for hydroxylation is 1. The van der Waals surface area contributed by atoms with E-state index in [1.54, 1.807) is 13.0 Å². The van der Waals surface area contributed by atoms with Crippen molar-refractivity contribution in [2.45, 2.75) is 40.8 Å². The highest BCUT2D eigenvalue weighted by Crippen LogP contribution is 2.33. The smallest absolute Gasteiger partial charge is 0.416 e. The highest BCUT2D eigenvalue weighted by atomic mass is 19.4. The van der Waals surface area contributed by atoms with Crippen molar-refractivity contribution in [2.24, 2.45) is 0 Å². The van der Waals surface area contributed by atoms with E-state index in [1.807, 2.05) is 39.8 Å². The number of allylic oxidation sites excluding steroid dienone is 3. The molecule has 0 heterocycles. The Hall–Kier alpha value is -1.97. The summed E-state index contributed by atoms with van der Waals surface area (Å²) in [6.07, 6.45) is 0.998. The summed E-state index contributed by atoms with van der Waals surface area (Å²) in [6.45, 7) is 13.5. The van der Waals surface area contributed by atoms with Crippen LogP contribution in [0, 0.1) is 6.92 Å². The lowest BCUT2D eigenvalue weighted by molar-refractivity contribution is -0.137. The average Bonchev–Trinajstić information content (AvgIpc) is 2.49. The van der Waals surface area contributed by atoms with Crippen molar-refractivity contribution in [3.8, 4) is 5.75 Å². The van der Waals surface area contributed by atoms with E-state index in [0.717, 1.165) is 23.3 Å². The first kappa shape index (κ1) is 21.0. The minimum absolute atomic E-state index is 0.176. The van der Waals surface area contributed by atoms with Crippen LogP contribution in [0.5, 0.6) is 5.75 Å². The first-order valence-electron chi connectivity index (χ1n) is 7.51. The van der Waals surface area contributed by atoms with Gasteiger partial charge in [0.25, 0.3) is 0 Å². The monoisotopic (exact) mass is 326 g/mol. The number of alkyl halides is 3. The molecule has 0 aliphatic rings. The van der Waals surface area contributed by atoms with Gasteiger partial charge in [-0.2, -0.15) is 13.2 Å². The van der Waals surface area contributed by atoms with E-state index in [1.165, 1.54) is 6.07 Å². The van der Waals surface area contributed by atoms with Gasteiger partial charge < -0.3 is 4.74 Å². The van der Waals surface area contributed by atoms with Gasteiger partial charge in [0.05, 0.1) is 5.56 Å². The lowest BCUT2D eigenvalue weighted by Gasteiger charge is -2.13. The standard InChI is InChI=1S/C17H19F3O.C2H6/c1-5-14(8-6-12(2)3)11-21-16-10-15(17(18,19)20)9-7-13(16)4;1-2/h5-10H,1,11H2,2-4H3;1-2H3/b14-8+;. The second-order valence-corrected chi connectivity index (χ2v) is 4.96. The molecule has 0 amide bonds. The molecule has 0 unspecified atom stereocenters. The molecular weight excluding hydrogens is 301 g/mol. The van der Waals surface area contributed by atoms with Gasteiger partial charge in [-0.1, -0.05) is 50.3 Å². The Morgan fingerprint density at radius 2 is 1.78 bits per heavy atom. The Balaban J connectivity index is 0.00000232. The second kappa shape index (κ2) is 9.93. The van der Waals surface area contributed by atoms with Crippen LogP contribution in [0.3, 0.4) is 0 Å². The Morgan fingerprint density at radius 3 is 2.26 bits per heavy atom. The van der Waals surface area contributed by atoms with E-state index in [2.05, 4.69) is 6.58 Å². The zero-order valence-corrected chi connectivity index (χ0v) is 14.4. The molecule has 0 N–H and O–H groups in total. The van der Waals surface area contributed by atoms with Gasteiger partial charge >= 0.3 is 6.18 Å². The average molecular weight is 326 g/mol. The van der Waals surface area contributed by atoms with Crippen molar-refractivity contribution in [3.63, 3.8) is 0 Å². The quantitative estimate of drug-likeness (QED) is 0.561. The third-order valence-corrected chi connectivity index (χ3v) is 2.80. The van der Waals surface area contributed by atoms with Crippen LogP contribution >= 0.6 is 0 Å². The molecule has 0 spiro atoms. The maximum absolute atomic E-state index is 12.7. The summed E-state index contributed by atoms with van der Waals surface area (Å²) in [5.41, 5.74) is 1.86. The number of hydrogen-bond acceptors (Lipinski definition) is 1. The van der Waals surface area contributed by atoms with E-state index in [9.17, 15) is 13.2 Å². The number of ether oxygens (including phenoxy) is 1. The fraction of sp³-hybridized carbons (Fsp3) is 0.368. The SMILES string of the molecule is C=C/C(=C\C=C(C)C)COc1cc(C(F)(F)F)ccc1C.CC. The molecule has 0 saturated carbocycles. The highest BCUT2D eigenvalue weighted by molar-refractivity contribution is 5.38. The largest absolute Gasteiger partial charge is 0.489 e. The molecule has 23 heavy (non-hydrogen) atoms. The third-order valence-electron chi connectivity index (χ3n) is 2.80. The fourth-order valence-electron chi connectivity index (χ4n) is 1.54. The van der Waals surface area contributed by atoms with E-state index in [-0.39, 0.29) is 12.4 Å². The summed E-state index contributed by atoms with van der Waals surface area (Å²) in [5.74, 6) is 0.231. The van der Waals surface area contributed by atoms with Crippen LogP contribution in [0.4, 0.5) is 13.2 Å². The molecule has 1 nitrogen and oxygen atoms in total. The zero-order valence-electron chi connectivity index (χ0n) is 14.4. The molecule has 0 aliphatic heterocycles. The van der Waals surface area contributed by atoms with Crippen LogP contribution < -0.4 is 4.74 Å². The van der Waals surface area contributed by atoms with Crippen molar-refractivity contribution in [1.82, 2.24) is 0 Å². The van der Waals surface area contributed by atoms with E-state index < -0.39 is 11.7 Å². The van der Waals surface area contributed by atoms with Gasteiger partial charge in [0.1, 0.15) is 12.4 Å². The molecular formula is C19H25F3O. The summed E-state index contributed by atoms with van der Waals surface area (Å²) < 4.78 is 43.5. The molecule has 0 fully saturated rings. The van der Waals surface area contributed by atoms with Gasteiger partial charge in [-0.15, -0.1) is 0 Å². The molecule has 0 bridgehead atoms. The van der Waals surface area contributed by atoms with E-state index in [0.29, 0.717) is 5.56 Å². The van der Waals surface area contributed by atoms with Crippen LogP contribution in [0.15, 0.2) is 54.2 Å². The van der Waals surface area contributed by atoms with Crippen LogP contribution in [-0.4, -0.2) is 6.61 Å². The Labute approximate surface area is 137 Å². The summed E-state index contributed by atoms with van der Waals surface area (Å²) in [5, 5.41) is 0. The van der Waals surface area contributed by atoms with Crippen molar-refractivity contribution in [3.05, 3.63) is 65.3 Å². The van der Waals surface area contributed by atoms with Gasteiger partial charge in [0.2, 0.25) is 0 Å². The molecule has 128 valence electrons. The van der Waals surface area contributed by atoms with Crippen molar-refractivity contribution < 1.29 is 17.9 Å². The van der Waals surface area contributed by atoms with Crippen LogP contribution in [0.1, 0.15) is 38.8 Å². The normalized spacial score (nSPS) is 11.2. The van der Waals surface area contributed by atoms with Gasteiger partial charge in [0, 0.05) is 0 Å². The van der Waals surface area contributed by atoms with E-state index >= 15 is 0 Å². The first-order valence-corrected chi connectivity index (χ1v) is 7.51. The third kappa shape index (κ3) is 7.73. The molecule has 1 aromatic rings. The number of benzene rings is 1. The summed E-state index contributed by atoms with van der Waals surface area (Å²) in [6, 6.07) is 3.48. The van der Waals surface area contributed by atoms with Crippen LogP contribution in [0.2, 0.25) is 0 Å². The van der Waals surface area contributed by atoms with Gasteiger partial charge in [-0.3, -0.25) is 0 Å². The maximum Gasteiger partial charge on any atom is 0.416 e. The molecule has 0 aromatic heterocycles. The molecule has 0 radical (unpaired) electrons. The summed E-state index contributed by atoms with van der Waals surface area (Å²) in [4.78, 5) is 0. The zero-order chi connectivity index (χ0) is 18.0. The van der Waals surface area contributed by atoms with Gasteiger partial charge in [-0.25, -0.2) is 0 Å². The van der Waals surface area contributed by atoms with Crippen molar-refractivity contribution >= 4 is 0 Å². The Morgan fingerprint density at radius 1 is 1.17 bits per heavy atom. The Bertz CT molecular complexity index is 562. The maximum atomic E-state index is 12.7. The topological polar surface area (TPSA) is 9.23 Å². The first-order chi connectivity index (χ1) is 10.7. The number of halogens is 3. The minimum atomic E-state index is -4.37. The van der Waals surface area contributed by atoms with Crippen LogP contribution in [-0.2, 0) is 6.18 Å². The molecule has 4 heteroatoms. The highest BCUT2D eigenvalue weighted by Gasteiger charge is 2.31. The predicted octanol–water partition coefficient (Wildman–Crippen LogP) is 6.50. The lowest BCUT2D eigenvalue weighted by atomic mass is 10.1. The Kier molecular flexibility index (Phi) is 9.08. The molecule has 0 saturated heterocycles. The minimum Gasteiger partial charge on any atom is -0.489 e. The molecule has 0 atom stereocenters. The number of hydrogen-bond donors (Lipinski definition) is 0. The lowest BCUT2D eigenvalue weighted by Crippen LogP contribution is -2.07. The molecule has 0 aliphatic carbocycles. The van der Waals surface area contributed by atoms with Crippen LogP contribution in [0.25, 0.3) is 0 Å². The molecule has 1 rings (SSSR count). The number of rotatable bonds is 5. The van der Waals surface area contributed by atoms with Crippen molar-refractivity contribution in [1.29, 1.82) is 0 Å². The van der Waals surface area contributed by atoms with Gasteiger partial charge in [0.15, 0.2) is 0 Å².